The highest BCUT2D eigenvalue weighted by atomic mass is 35.5. The molecule has 0 aliphatic heterocycles. The molecule has 2 aromatic carbocycles. The number of nitrogens with zero attached hydrogens (tertiary/aromatic N) is 4. The highest BCUT2D eigenvalue weighted by molar-refractivity contribution is 6.31. The SMILES string of the molecule is Cc1ccc(-n2nnc(C#N)c2-c2ccccc2)cc1Cl. The van der Waals surface area contributed by atoms with Gasteiger partial charge in [-0.25, -0.2) is 4.68 Å². The van der Waals surface area contributed by atoms with Crippen molar-refractivity contribution in [1.82, 2.24) is 15.0 Å². The molecular formula is C16H11ClN4. The fourth-order valence-corrected chi connectivity index (χ4v) is 2.28. The quantitative estimate of drug-likeness (QED) is 0.723. The molecule has 5 heteroatoms. The molecule has 0 saturated heterocycles. The average Bonchev–Trinajstić information content (AvgIpc) is 2.95. The number of benzene rings is 2. The molecule has 0 atom stereocenters. The van der Waals surface area contributed by atoms with E-state index in [0.717, 1.165) is 16.8 Å². The van der Waals surface area contributed by atoms with Gasteiger partial charge in [-0.3, -0.25) is 0 Å². The van der Waals surface area contributed by atoms with Gasteiger partial charge in [0.05, 0.1) is 5.69 Å². The largest absolute Gasteiger partial charge is 0.211 e. The van der Waals surface area contributed by atoms with Gasteiger partial charge in [0.2, 0.25) is 0 Å². The third-order valence-electron chi connectivity index (χ3n) is 3.22. The molecule has 21 heavy (non-hydrogen) atoms. The van der Waals surface area contributed by atoms with Gasteiger partial charge in [0.1, 0.15) is 11.8 Å². The molecule has 0 aliphatic rings. The number of aryl methyl sites for hydroxylation is 1. The van der Waals surface area contributed by atoms with E-state index in [0.29, 0.717) is 10.7 Å². The predicted octanol–water partition coefficient (Wildman–Crippen LogP) is 3.77. The van der Waals surface area contributed by atoms with E-state index >= 15 is 0 Å². The van der Waals surface area contributed by atoms with Crippen molar-refractivity contribution in [2.75, 3.05) is 0 Å². The zero-order chi connectivity index (χ0) is 14.8. The van der Waals surface area contributed by atoms with E-state index in [-0.39, 0.29) is 5.69 Å². The molecule has 1 aromatic heterocycles. The molecule has 0 N–H and O–H groups in total. The number of rotatable bonds is 2. The van der Waals surface area contributed by atoms with E-state index in [2.05, 4.69) is 16.4 Å². The first-order valence-corrected chi connectivity index (χ1v) is 6.76. The maximum atomic E-state index is 9.25. The first-order chi connectivity index (χ1) is 10.2. The number of hydrogen-bond donors (Lipinski definition) is 0. The van der Waals surface area contributed by atoms with Crippen molar-refractivity contribution >= 4 is 11.6 Å². The highest BCUT2D eigenvalue weighted by Crippen LogP contribution is 2.26. The maximum Gasteiger partial charge on any atom is 0.191 e. The summed E-state index contributed by atoms with van der Waals surface area (Å²) < 4.78 is 1.64. The number of halogens is 1. The van der Waals surface area contributed by atoms with E-state index in [1.807, 2.05) is 55.5 Å². The second kappa shape index (κ2) is 5.39. The fraction of sp³-hybridized carbons (Fsp3) is 0.0625. The molecule has 3 rings (SSSR count). The Balaban J connectivity index is 2.23. The van der Waals surface area contributed by atoms with Crippen molar-refractivity contribution in [3.05, 3.63) is 64.8 Å². The van der Waals surface area contributed by atoms with Crippen LogP contribution in [0.5, 0.6) is 0 Å². The smallest absolute Gasteiger partial charge is 0.191 e. The number of hydrogen-bond acceptors (Lipinski definition) is 3. The summed E-state index contributed by atoms with van der Waals surface area (Å²) in [6.45, 7) is 1.94. The highest BCUT2D eigenvalue weighted by Gasteiger charge is 2.16. The summed E-state index contributed by atoms with van der Waals surface area (Å²) in [6, 6.07) is 17.3. The second-order valence-corrected chi connectivity index (χ2v) is 5.02. The molecule has 0 aliphatic carbocycles. The molecule has 0 spiro atoms. The van der Waals surface area contributed by atoms with Gasteiger partial charge in [0, 0.05) is 10.6 Å². The Morgan fingerprint density at radius 1 is 1.14 bits per heavy atom. The minimum absolute atomic E-state index is 0.290. The van der Waals surface area contributed by atoms with Gasteiger partial charge in [0.25, 0.3) is 0 Å². The zero-order valence-electron chi connectivity index (χ0n) is 11.3. The van der Waals surface area contributed by atoms with Gasteiger partial charge in [-0.2, -0.15) is 5.26 Å². The lowest BCUT2D eigenvalue weighted by atomic mass is 10.1. The summed E-state index contributed by atoms with van der Waals surface area (Å²) in [4.78, 5) is 0. The Morgan fingerprint density at radius 3 is 2.57 bits per heavy atom. The lowest BCUT2D eigenvalue weighted by Crippen LogP contribution is -2.00. The van der Waals surface area contributed by atoms with Crippen LogP contribution in [0, 0.1) is 18.3 Å². The van der Waals surface area contributed by atoms with Crippen LogP contribution >= 0.6 is 11.6 Å². The fourth-order valence-electron chi connectivity index (χ4n) is 2.11. The van der Waals surface area contributed by atoms with Gasteiger partial charge in [-0.05, 0) is 24.6 Å². The van der Waals surface area contributed by atoms with Crippen LogP contribution in [-0.2, 0) is 0 Å². The molecule has 102 valence electrons. The summed E-state index contributed by atoms with van der Waals surface area (Å²) in [5, 5.41) is 17.9. The molecule has 3 aromatic rings. The second-order valence-electron chi connectivity index (χ2n) is 4.61. The molecule has 0 radical (unpaired) electrons. The van der Waals surface area contributed by atoms with E-state index in [1.165, 1.54) is 0 Å². The Bertz CT molecular complexity index is 831. The summed E-state index contributed by atoms with van der Waals surface area (Å²) in [7, 11) is 0. The van der Waals surface area contributed by atoms with Crippen LogP contribution in [0.2, 0.25) is 5.02 Å². The molecular weight excluding hydrogens is 284 g/mol. The molecule has 0 fully saturated rings. The Morgan fingerprint density at radius 2 is 1.90 bits per heavy atom. The van der Waals surface area contributed by atoms with Crippen LogP contribution in [0.25, 0.3) is 16.9 Å². The lowest BCUT2D eigenvalue weighted by Gasteiger charge is -2.08. The van der Waals surface area contributed by atoms with Gasteiger partial charge in [-0.15, -0.1) is 5.10 Å². The molecule has 0 bridgehead atoms. The van der Waals surface area contributed by atoms with Crippen molar-refractivity contribution in [2.24, 2.45) is 0 Å². The maximum absolute atomic E-state index is 9.25. The standard InChI is InChI=1S/C16H11ClN4/c1-11-7-8-13(9-14(11)17)21-16(15(10-18)19-20-21)12-5-3-2-4-6-12/h2-9H,1H3. The minimum atomic E-state index is 0.290. The van der Waals surface area contributed by atoms with Crippen molar-refractivity contribution in [2.45, 2.75) is 6.92 Å². The third-order valence-corrected chi connectivity index (χ3v) is 3.63. The molecule has 1 heterocycles. The third kappa shape index (κ3) is 2.39. The number of nitriles is 1. The lowest BCUT2D eigenvalue weighted by molar-refractivity contribution is 0.806. The zero-order valence-corrected chi connectivity index (χ0v) is 12.0. The van der Waals surface area contributed by atoms with Crippen LogP contribution in [0.4, 0.5) is 0 Å². The van der Waals surface area contributed by atoms with Crippen LogP contribution in [-0.4, -0.2) is 15.0 Å². The molecule has 0 amide bonds. The van der Waals surface area contributed by atoms with E-state index in [4.69, 9.17) is 11.6 Å². The van der Waals surface area contributed by atoms with Crippen LogP contribution in [0.15, 0.2) is 48.5 Å². The van der Waals surface area contributed by atoms with Gasteiger partial charge in [0.15, 0.2) is 5.69 Å². The van der Waals surface area contributed by atoms with Gasteiger partial charge >= 0.3 is 0 Å². The molecule has 0 unspecified atom stereocenters. The summed E-state index contributed by atoms with van der Waals surface area (Å²) >= 11 is 6.18. The normalized spacial score (nSPS) is 10.3. The summed E-state index contributed by atoms with van der Waals surface area (Å²) in [5.74, 6) is 0. The minimum Gasteiger partial charge on any atom is -0.211 e. The summed E-state index contributed by atoms with van der Waals surface area (Å²) in [5.41, 5.74) is 3.60. The van der Waals surface area contributed by atoms with Crippen molar-refractivity contribution in [1.29, 1.82) is 5.26 Å². The topological polar surface area (TPSA) is 54.5 Å². The first kappa shape index (κ1) is 13.3. The summed E-state index contributed by atoms with van der Waals surface area (Å²) in [6.07, 6.45) is 0. The Kier molecular flexibility index (Phi) is 3.43. The van der Waals surface area contributed by atoms with E-state index < -0.39 is 0 Å². The molecule has 4 nitrogen and oxygen atoms in total. The van der Waals surface area contributed by atoms with E-state index in [9.17, 15) is 5.26 Å². The number of aromatic nitrogens is 3. The van der Waals surface area contributed by atoms with Crippen LogP contribution in [0.3, 0.4) is 0 Å². The van der Waals surface area contributed by atoms with E-state index in [1.54, 1.807) is 4.68 Å². The van der Waals surface area contributed by atoms with Gasteiger partial charge < -0.3 is 0 Å². The monoisotopic (exact) mass is 294 g/mol. The van der Waals surface area contributed by atoms with Crippen LogP contribution < -0.4 is 0 Å². The van der Waals surface area contributed by atoms with Crippen LogP contribution in [0.1, 0.15) is 11.3 Å². The molecule has 0 saturated carbocycles. The van der Waals surface area contributed by atoms with Crippen molar-refractivity contribution < 1.29 is 0 Å². The average molecular weight is 295 g/mol. The van der Waals surface area contributed by atoms with Crippen molar-refractivity contribution in [3.8, 4) is 23.0 Å². The first-order valence-electron chi connectivity index (χ1n) is 6.38. The predicted molar refractivity (Wildman–Crippen MR) is 81.3 cm³/mol. The van der Waals surface area contributed by atoms with Crippen molar-refractivity contribution in [3.63, 3.8) is 0 Å². The van der Waals surface area contributed by atoms with Gasteiger partial charge in [-0.1, -0.05) is 53.2 Å². The Hall–Kier alpha value is -2.64. The Labute approximate surface area is 127 Å².